The van der Waals surface area contributed by atoms with E-state index in [2.05, 4.69) is 11.4 Å². The van der Waals surface area contributed by atoms with Crippen LogP contribution in [-0.4, -0.2) is 24.6 Å². The van der Waals surface area contributed by atoms with Crippen molar-refractivity contribution in [1.29, 1.82) is 0 Å². The number of hydrogen-bond donors (Lipinski definition) is 2. The molecule has 104 valence electrons. The van der Waals surface area contributed by atoms with Gasteiger partial charge in [0, 0.05) is 6.04 Å². The molecule has 2 aromatic carbocycles. The highest BCUT2D eigenvalue weighted by Gasteiger charge is 2.27. The van der Waals surface area contributed by atoms with Crippen molar-refractivity contribution in [1.82, 2.24) is 5.32 Å². The van der Waals surface area contributed by atoms with Gasteiger partial charge in [0.25, 0.3) is 0 Å². The Morgan fingerprint density at radius 1 is 1.25 bits per heavy atom. The Bertz CT molecular complexity index is 623. The number of nitrogens with two attached hydrogens (primary N) is 1. The van der Waals surface area contributed by atoms with Gasteiger partial charge in [0.2, 0.25) is 5.91 Å². The van der Waals surface area contributed by atoms with Crippen molar-refractivity contribution in [2.24, 2.45) is 5.73 Å². The average molecular weight is 270 g/mol. The van der Waals surface area contributed by atoms with E-state index in [0.29, 0.717) is 6.04 Å². The first-order valence-electron chi connectivity index (χ1n) is 6.89. The van der Waals surface area contributed by atoms with Crippen molar-refractivity contribution < 1.29 is 9.53 Å². The lowest BCUT2D eigenvalue weighted by Gasteiger charge is -2.16. The zero-order valence-corrected chi connectivity index (χ0v) is 11.2. The molecule has 4 heteroatoms. The normalized spacial score (nSPS) is 16.0. The highest BCUT2D eigenvalue weighted by atomic mass is 16.5. The van der Waals surface area contributed by atoms with Gasteiger partial charge in [-0.1, -0.05) is 30.3 Å². The molecule has 2 aromatic rings. The lowest BCUT2D eigenvalue weighted by Crippen LogP contribution is -2.46. The van der Waals surface area contributed by atoms with Crippen molar-refractivity contribution in [3.05, 3.63) is 42.5 Å². The number of fused-ring (bicyclic) bond motifs is 1. The Labute approximate surface area is 117 Å². The molecule has 0 saturated heterocycles. The van der Waals surface area contributed by atoms with Gasteiger partial charge in [0.05, 0.1) is 0 Å². The zero-order valence-electron chi connectivity index (χ0n) is 11.2. The second-order valence-electron chi connectivity index (χ2n) is 5.22. The van der Waals surface area contributed by atoms with E-state index in [4.69, 9.17) is 10.5 Å². The predicted molar refractivity (Wildman–Crippen MR) is 78.6 cm³/mol. The van der Waals surface area contributed by atoms with Gasteiger partial charge in [-0.05, 0) is 35.7 Å². The van der Waals surface area contributed by atoms with E-state index >= 15 is 0 Å². The molecule has 1 aliphatic carbocycles. The van der Waals surface area contributed by atoms with E-state index in [9.17, 15) is 4.79 Å². The minimum absolute atomic E-state index is 0.268. The van der Waals surface area contributed by atoms with Gasteiger partial charge in [-0.3, -0.25) is 4.79 Å². The first-order chi connectivity index (χ1) is 9.72. The first kappa shape index (κ1) is 12.9. The maximum Gasteiger partial charge on any atom is 0.238 e. The van der Waals surface area contributed by atoms with E-state index in [1.165, 1.54) is 5.39 Å². The summed E-state index contributed by atoms with van der Waals surface area (Å²) in [5.41, 5.74) is 5.39. The summed E-state index contributed by atoms with van der Waals surface area (Å²) in [6, 6.07) is 14.0. The van der Waals surface area contributed by atoms with Crippen LogP contribution in [0.25, 0.3) is 10.8 Å². The number of amides is 1. The van der Waals surface area contributed by atoms with E-state index in [1.54, 1.807) is 0 Å². The van der Waals surface area contributed by atoms with Gasteiger partial charge in [-0.15, -0.1) is 0 Å². The van der Waals surface area contributed by atoms with Gasteiger partial charge in [0.1, 0.15) is 18.4 Å². The van der Waals surface area contributed by atoms with E-state index < -0.39 is 6.04 Å². The summed E-state index contributed by atoms with van der Waals surface area (Å²) in [4.78, 5) is 11.4. The van der Waals surface area contributed by atoms with Crippen LogP contribution >= 0.6 is 0 Å². The van der Waals surface area contributed by atoms with Gasteiger partial charge in [-0.25, -0.2) is 0 Å². The minimum atomic E-state index is -0.422. The number of carbonyl (C=O) groups excluding carboxylic acids is 1. The SMILES string of the molecule is NC(=O)C(COc1ccc2ccccc2c1)NC1CC1. The number of nitrogens with one attached hydrogen (secondary N) is 1. The van der Waals surface area contributed by atoms with Crippen LogP contribution in [0.5, 0.6) is 5.75 Å². The van der Waals surface area contributed by atoms with Crippen LogP contribution in [0.1, 0.15) is 12.8 Å². The second kappa shape index (κ2) is 5.51. The van der Waals surface area contributed by atoms with Crippen LogP contribution in [0.4, 0.5) is 0 Å². The van der Waals surface area contributed by atoms with Crippen LogP contribution in [0.3, 0.4) is 0 Å². The summed E-state index contributed by atoms with van der Waals surface area (Å²) < 4.78 is 5.70. The van der Waals surface area contributed by atoms with Crippen molar-refractivity contribution in [3.8, 4) is 5.75 Å². The Morgan fingerprint density at radius 2 is 2.00 bits per heavy atom. The number of ether oxygens (including phenoxy) is 1. The van der Waals surface area contributed by atoms with Gasteiger partial charge in [-0.2, -0.15) is 0 Å². The standard InChI is InChI=1S/C16H18N2O2/c17-16(19)15(18-13-6-7-13)10-20-14-8-5-11-3-1-2-4-12(11)9-14/h1-5,8-9,13,15,18H,6-7,10H2,(H2,17,19). The third kappa shape index (κ3) is 3.08. The minimum Gasteiger partial charge on any atom is -0.491 e. The van der Waals surface area contributed by atoms with E-state index in [0.717, 1.165) is 24.0 Å². The van der Waals surface area contributed by atoms with Crippen molar-refractivity contribution >= 4 is 16.7 Å². The predicted octanol–water partition coefficient (Wildman–Crippen LogP) is 1.82. The van der Waals surface area contributed by atoms with Crippen LogP contribution in [0, 0.1) is 0 Å². The molecule has 0 radical (unpaired) electrons. The number of carbonyl (C=O) groups is 1. The molecule has 0 aromatic heterocycles. The fourth-order valence-electron chi connectivity index (χ4n) is 2.18. The summed E-state index contributed by atoms with van der Waals surface area (Å²) in [5, 5.41) is 5.49. The Hall–Kier alpha value is -2.07. The smallest absolute Gasteiger partial charge is 0.238 e. The lowest BCUT2D eigenvalue weighted by atomic mass is 10.1. The van der Waals surface area contributed by atoms with Gasteiger partial charge in [0.15, 0.2) is 0 Å². The fraction of sp³-hybridized carbons (Fsp3) is 0.312. The number of rotatable bonds is 6. The quantitative estimate of drug-likeness (QED) is 0.841. The van der Waals surface area contributed by atoms with Crippen molar-refractivity contribution in [2.45, 2.75) is 24.9 Å². The van der Waals surface area contributed by atoms with Crippen molar-refractivity contribution in [2.75, 3.05) is 6.61 Å². The maximum absolute atomic E-state index is 11.4. The first-order valence-corrected chi connectivity index (χ1v) is 6.89. The van der Waals surface area contributed by atoms with Crippen LogP contribution in [0.15, 0.2) is 42.5 Å². The summed E-state index contributed by atoms with van der Waals surface area (Å²) in [7, 11) is 0. The molecule has 1 aliphatic rings. The maximum atomic E-state index is 11.4. The number of primary amides is 1. The molecule has 0 spiro atoms. The number of benzene rings is 2. The third-order valence-corrected chi connectivity index (χ3v) is 3.50. The number of hydrogen-bond acceptors (Lipinski definition) is 3. The monoisotopic (exact) mass is 270 g/mol. The highest BCUT2D eigenvalue weighted by Crippen LogP contribution is 2.22. The third-order valence-electron chi connectivity index (χ3n) is 3.50. The average Bonchev–Trinajstić information content (AvgIpc) is 3.27. The molecule has 20 heavy (non-hydrogen) atoms. The molecule has 0 aliphatic heterocycles. The summed E-state index contributed by atoms with van der Waals surface area (Å²) in [5.74, 6) is 0.394. The van der Waals surface area contributed by atoms with Crippen LogP contribution in [-0.2, 0) is 4.79 Å². The summed E-state index contributed by atoms with van der Waals surface area (Å²) >= 11 is 0. The molecule has 1 fully saturated rings. The van der Waals surface area contributed by atoms with Gasteiger partial charge >= 0.3 is 0 Å². The molecule has 0 bridgehead atoms. The van der Waals surface area contributed by atoms with Crippen molar-refractivity contribution in [3.63, 3.8) is 0 Å². The lowest BCUT2D eigenvalue weighted by molar-refractivity contribution is -0.120. The molecular formula is C16H18N2O2. The molecule has 3 N–H and O–H groups in total. The molecule has 0 heterocycles. The summed E-state index contributed by atoms with van der Waals surface area (Å²) in [6.45, 7) is 0.268. The molecule has 1 unspecified atom stereocenters. The van der Waals surface area contributed by atoms with Crippen LogP contribution < -0.4 is 15.8 Å². The zero-order chi connectivity index (χ0) is 13.9. The second-order valence-corrected chi connectivity index (χ2v) is 5.22. The topological polar surface area (TPSA) is 64.4 Å². The van der Waals surface area contributed by atoms with Gasteiger partial charge < -0.3 is 15.8 Å². The van der Waals surface area contributed by atoms with E-state index in [1.807, 2.05) is 36.4 Å². The van der Waals surface area contributed by atoms with E-state index in [-0.39, 0.29) is 12.5 Å². The fourth-order valence-corrected chi connectivity index (χ4v) is 2.18. The molecule has 1 amide bonds. The van der Waals surface area contributed by atoms with Crippen LogP contribution in [0.2, 0.25) is 0 Å². The Morgan fingerprint density at radius 3 is 2.70 bits per heavy atom. The molecule has 1 atom stereocenters. The largest absolute Gasteiger partial charge is 0.491 e. The Balaban J connectivity index is 1.66. The molecular weight excluding hydrogens is 252 g/mol. The Kier molecular flexibility index (Phi) is 3.56. The molecule has 1 saturated carbocycles. The summed E-state index contributed by atoms with van der Waals surface area (Å²) in [6.07, 6.45) is 2.22. The molecule has 3 rings (SSSR count). The highest BCUT2D eigenvalue weighted by molar-refractivity contribution is 5.83. The molecule has 4 nitrogen and oxygen atoms in total.